The molecule has 0 radical (unpaired) electrons. The van der Waals surface area contributed by atoms with E-state index in [-0.39, 0.29) is 11.2 Å². The maximum atomic E-state index is 13.2. The van der Waals surface area contributed by atoms with E-state index in [1.807, 2.05) is 84.1 Å². The van der Waals surface area contributed by atoms with Crippen LogP contribution in [0.5, 0.6) is 5.75 Å². The summed E-state index contributed by atoms with van der Waals surface area (Å²) in [6, 6.07) is 17.7. The Morgan fingerprint density at radius 3 is 2.39 bits per heavy atom. The molecule has 0 spiro atoms. The lowest BCUT2D eigenvalue weighted by Gasteiger charge is -2.25. The number of aromatic nitrogens is 2. The summed E-state index contributed by atoms with van der Waals surface area (Å²) in [5.74, 6) is 0.905. The maximum absolute atomic E-state index is 13.2. The van der Waals surface area contributed by atoms with Gasteiger partial charge in [0.1, 0.15) is 11.0 Å². The third-order valence-electron chi connectivity index (χ3n) is 4.58. The lowest BCUT2D eigenvalue weighted by atomic mass is 10.1. The molecule has 0 bridgehead atoms. The van der Waals surface area contributed by atoms with E-state index in [2.05, 4.69) is 4.98 Å². The SMILES string of the molecule is CCN(CC)C(=O)C(Sc1nccn1-c1ccc(OC)cc1)c1ccccc1. The van der Waals surface area contributed by atoms with Gasteiger partial charge in [-0.1, -0.05) is 42.1 Å². The Bertz CT molecular complexity index is 890. The van der Waals surface area contributed by atoms with Crippen LogP contribution < -0.4 is 4.74 Å². The van der Waals surface area contributed by atoms with Crippen LogP contribution in [0.4, 0.5) is 0 Å². The summed E-state index contributed by atoms with van der Waals surface area (Å²) in [4.78, 5) is 19.6. The number of imidazole rings is 1. The predicted molar refractivity (Wildman–Crippen MR) is 113 cm³/mol. The highest BCUT2D eigenvalue weighted by Gasteiger charge is 2.27. The number of amides is 1. The second-order valence-electron chi connectivity index (χ2n) is 6.20. The molecular formula is C22H25N3O2S. The number of rotatable bonds is 8. The van der Waals surface area contributed by atoms with Crippen molar-refractivity contribution in [3.05, 3.63) is 72.6 Å². The average molecular weight is 396 g/mol. The minimum atomic E-state index is -0.347. The zero-order valence-corrected chi connectivity index (χ0v) is 17.2. The normalized spacial score (nSPS) is 11.8. The lowest BCUT2D eigenvalue weighted by molar-refractivity contribution is -0.130. The van der Waals surface area contributed by atoms with Crippen LogP contribution in [0.2, 0.25) is 0 Å². The van der Waals surface area contributed by atoms with Crippen LogP contribution >= 0.6 is 11.8 Å². The Balaban J connectivity index is 1.93. The minimum Gasteiger partial charge on any atom is -0.497 e. The summed E-state index contributed by atoms with van der Waals surface area (Å²) < 4.78 is 7.24. The summed E-state index contributed by atoms with van der Waals surface area (Å²) in [6.07, 6.45) is 3.67. The molecule has 2 aromatic carbocycles. The number of benzene rings is 2. The molecule has 6 heteroatoms. The highest BCUT2D eigenvalue weighted by molar-refractivity contribution is 8.00. The first kappa shape index (κ1) is 20.0. The molecule has 1 aromatic heterocycles. The van der Waals surface area contributed by atoms with Gasteiger partial charge in [0.2, 0.25) is 5.91 Å². The Labute approximate surface area is 170 Å². The van der Waals surface area contributed by atoms with E-state index >= 15 is 0 Å². The van der Waals surface area contributed by atoms with E-state index in [9.17, 15) is 4.79 Å². The fraction of sp³-hybridized carbons (Fsp3) is 0.273. The fourth-order valence-corrected chi connectivity index (χ4v) is 4.17. The van der Waals surface area contributed by atoms with Crippen molar-refractivity contribution in [1.82, 2.24) is 14.5 Å². The summed E-state index contributed by atoms with van der Waals surface area (Å²) in [7, 11) is 1.65. The van der Waals surface area contributed by atoms with Crippen molar-refractivity contribution in [1.29, 1.82) is 0 Å². The van der Waals surface area contributed by atoms with E-state index in [0.29, 0.717) is 13.1 Å². The van der Waals surface area contributed by atoms with Gasteiger partial charge in [-0.3, -0.25) is 9.36 Å². The smallest absolute Gasteiger partial charge is 0.240 e. The molecule has 28 heavy (non-hydrogen) atoms. The van der Waals surface area contributed by atoms with E-state index in [0.717, 1.165) is 22.2 Å². The van der Waals surface area contributed by atoms with Gasteiger partial charge >= 0.3 is 0 Å². The van der Waals surface area contributed by atoms with Crippen molar-refractivity contribution in [3.8, 4) is 11.4 Å². The molecule has 0 aliphatic rings. The minimum absolute atomic E-state index is 0.102. The fourth-order valence-electron chi connectivity index (χ4n) is 3.01. The van der Waals surface area contributed by atoms with Gasteiger partial charge in [0.25, 0.3) is 0 Å². The molecule has 0 fully saturated rings. The molecule has 3 aromatic rings. The highest BCUT2D eigenvalue weighted by atomic mass is 32.2. The number of thioether (sulfide) groups is 1. The molecule has 0 saturated heterocycles. The number of nitrogens with zero attached hydrogens (tertiary/aromatic N) is 3. The van der Waals surface area contributed by atoms with Crippen molar-refractivity contribution >= 4 is 17.7 Å². The van der Waals surface area contributed by atoms with E-state index < -0.39 is 0 Å². The molecule has 146 valence electrons. The second-order valence-corrected chi connectivity index (χ2v) is 7.27. The van der Waals surface area contributed by atoms with Gasteiger partial charge in [-0.2, -0.15) is 0 Å². The molecule has 0 saturated carbocycles. The molecule has 1 atom stereocenters. The molecule has 1 amide bonds. The summed E-state index contributed by atoms with van der Waals surface area (Å²) in [5.41, 5.74) is 1.96. The Morgan fingerprint density at radius 1 is 1.11 bits per heavy atom. The molecule has 0 N–H and O–H groups in total. The van der Waals surface area contributed by atoms with Crippen LogP contribution in [0.15, 0.2) is 72.1 Å². The summed E-state index contributed by atoms with van der Waals surface area (Å²) >= 11 is 1.48. The first-order valence-electron chi connectivity index (χ1n) is 9.36. The molecular weight excluding hydrogens is 370 g/mol. The zero-order chi connectivity index (χ0) is 19.9. The highest BCUT2D eigenvalue weighted by Crippen LogP contribution is 2.37. The van der Waals surface area contributed by atoms with Crippen molar-refractivity contribution in [2.24, 2.45) is 0 Å². The Morgan fingerprint density at radius 2 is 1.79 bits per heavy atom. The zero-order valence-electron chi connectivity index (χ0n) is 16.4. The van der Waals surface area contributed by atoms with Gasteiger partial charge in [-0.05, 0) is 43.7 Å². The van der Waals surface area contributed by atoms with Crippen LogP contribution in [-0.4, -0.2) is 40.6 Å². The molecule has 1 unspecified atom stereocenters. The maximum Gasteiger partial charge on any atom is 0.240 e. The number of methoxy groups -OCH3 is 1. The van der Waals surface area contributed by atoms with Crippen LogP contribution in [-0.2, 0) is 4.79 Å². The number of likely N-dealkylation sites (N-methyl/N-ethyl adjacent to an activating group) is 1. The number of hydrogen-bond acceptors (Lipinski definition) is 4. The average Bonchev–Trinajstić information content (AvgIpc) is 3.21. The molecule has 1 heterocycles. The first-order valence-corrected chi connectivity index (χ1v) is 10.2. The lowest BCUT2D eigenvalue weighted by Crippen LogP contribution is -2.34. The largest absolute Gasteiger partial charge is 0.497 e. The van der Waals surface area contributed by atoms with Crippen LogP contribution in [0, 0.1) is 0 Å². The number of carbonyl (C=O) groups is 1. The van der Waals surface area contributed by atoms with Crippen LogP contribution in [0.1, 0.15) is 24.7 Å². The van der Waals surface area contributed by atoms with E-state index in [1.165, 1.54) is 11.8 Å². The van der Waals surface area contributed by atoms with E-state index in [4.69, 9.17) is 4.74 Å². The summed E-state index contributed by atoms with van der Waals surface area (Å²) in [5, 5.41) is 0.431. The van der Waals surface area contributed by atoms with E-state index in [1.54, 1.807) is 13.3 Å². The molecule has 5 nitrogen and oxygen atoms in total. The number of carbonyl (C=O) groups excluding carboxylic acids is 1. The van der Waals surface area contributed by atoms with Gasteiger partial charge in [-0.15, -0.1) is 0 Å². The topological polar surface area (TPSA) is 47.4 Å². The van der Waals surface area contributed by atoms with Gasteiger partial charge < -0.3 is 9.64 Å². The van der Waals surface area contributed by atoms with Crippen molar-refractivity contribution in [2.45, 2.75) is 24.3 Å². The van der Waals surface area contributed by atoms with Crippen molar-refractivity contribution in [2.75, 3.05) is 20.2 Å². The second kappa shape index (κ2) is 9.46. The van der Waals surface area contributed by atoms with Crippen LogP contribution in [0.25, 0.3) is 5.69 Å². The number of ether oxygens (including phenoxy) is 1. The van der Waals surface area contributed by atoms with Crippen molar-refractivity contribution < 1.29 is 9.53 Å². The van der Waals surface area contributed by atoms with Gasteiger partial charge in [0.15, 0.2) is 5.16 Å². The van der Waals surface area contributed by atoms with Crippen LogP contribution in [0.3, 0.4) is 0 Å². The quantitative estimate of drug-likeness (QED) is 0.524. The molecule has 0 aliphatic carbocycles. The van der Waals surface area contributed by atoms with Gasteiger partial charge in [0, 0.05) is 31.2 Å². The third-order valence-corrected chi connectivity index (χ3v) is 5.80. The monoisotopic (exact) mass is 395 g/mol. The third kappa shape index (κ3) is 4.39. The number of hydrogen-bond donors (Lipinski definition) is 0. The molecule has 0 aliphatic heterocycles. The summed E-state index contributed by atoms with van der Waals surface area (Å²) in [6.45, 7) is 5.39. The first-order chi connectivity index (χ1) is 13.7. The Hall–Kier alpha value is -2.73. The molecule has 3 rings (SSSR count). The standard InChI is InChI=1S/C22H25N3O2S/c1-4-24(5-2)21(26)20(17-9-7-6-8-10-17)28-22-23-15-16-25(22)18-11-13-19(27-3)14-12-18/h6-16,20H,4-5H2,1-3H3. The van der Waals surface area contributed by atoms with Gasteiger partial charge in [0.05, 0.1) is 7.11 Å². The van der Waals surface area contributed by atoms with Gasteiger partial charge in [-0.25, -0.2) is 4.98 Å². The van der Waals surface area contributed by atoms with Crippen molar-refractivity contribution in [3.63, 3.8) is 0 Å². The Kier molecular flexibility index (Phi) is 6.76. The predicted octanol–water partition coefficient (Wildman–Crippen LogP) is 4.58.